The average Bonchev–Trinajstić information content (AvgIpc) is 3.21. The van der Waals surface area contributed by atoms with Crippen LogP contribution < -0.4 is 16.4 Å². The third-order valence-corrected chi connectivity index (χ3v) is 5.08. The molecule has 0 aliphatic rings. The zero-order chi connectivity index (χ0) is 22.0. The summed E-state index contributed by atoms with van der Waals surface area (Å²) in [6.07, 6.45) is 3.58. The molecule has 10 heteroatoms. The number of nitrogen functional groups attached to an aromatic ring is 1. The standard InChI is InChI=1S/C21H22N8O2/c1-13-4-3-5-15(14(13)2)16-12-19-24-10-11-28(19)21(26-16)25-9-8-23-18-7-6-17(29(30)31)20(22)27-18/h3-7,10-12H,8-9H2,1-2H3,(H,25,26)(H3,22,23,27). The Balaban J connectivity index is 1.50. The Kier molecular flexibility index (Phi) is 5.35. The first-order valence-corrected chi connectivity index (χ1v) is 9.73. The summed E-state index contributed by atoms with van der Waals surface area (Å²) in [5.74, 6) is 1.02. The van der Waals surface area contributed by atoms with Crippen molar-refractivity contribution in [1.29, 1.82) is 0 Å². The minimum Gasteiger partial charge on any atom is -0.378 e. The summed E-state index contributed by atoms with van der Waals surface area (Å²) >= 11 is 0. The molecule has 1 aromatic carbocycles. The molecule has 4 aromatic rings. The maximum atomic E-state index is 10.8. The van der Waals surface area contributed by atoms with Crippen LogP contribution in [0.2, 0.25) is 0 Å². The Labute approximate surface area is 178 Å². The van der Waals surface area contributed by atoms with Crippen molar-refractivity contribution in [2.75, 3.05) is 29.5 Å². The molecule has 0 radical (unpaired) electrons. The van der Waals surface area contributed by atoms with E-state index in [1.54, 1.807) is 6.20 Å². The number of rotatable bonds is 7. The molecule has 31 heavy (non-hydrogen) atoms. The van der Waals surface area contributed by atoms with Gasteiger partial charge in [-0.3, -0.25) is 14.5 Å². The van der Waals surface area contributed by atoms with Gasteiger partial charge in [-0.15, -0.1) is 0 Å². The summed E-state index contributed by atoms with van der Waals surface area (Å²) in [5, 5.41) is 17.3. The summed E-state index contributed by atoms with van der Waals surface area (Å²) in [6.45, 7) is 5.21. The second kappa shape index (κ2) is 8.27. The second-order valence-electron chi connectivity index (χ2n) is 7.08. The van der Waals surface area contributed by atoms with Crippen LogP contribution in [0.25, 0.3) is 16.9 Å². The van der Waals surface area contributed by atoms with Crippen LogP contribution in [0.15, 0.2) is 48.8 Å². The van der Waals surface area contributed by atoms with Crippen molar-refractivity contribution in [1.82, 2.24) is 19.4 Å². The van der Waals surface area contributed by atoms with E-state index in [4.69, 9.17) is 10.7 Å². The second-order valence-corrected chi connectivity index (χ2v) is 7.08. The molecule has 0 saturated heterocycles. The van der Waals surface area contributed by atoms with Crippen LogP contribution in [-0.4, -0.2) is 37.4 Å². The van der Waals surface area contributed by atoms with E-state index in [2.05, 4.69) is 46.6 Å². The molecule has 0 spiro atoms. The van der Waals surface area contributed by atoms with Gasteiger partial charge in [0.1, 0.15) is 11.5 Å². The molecule has 0 amide bonds. The molecular formula is C21H22N8O2. The van der Waals surface area contributed by atoms with E-state index in [1.807, 2.05) is 22.7 Å². The first-order chi connectivity index (χ1) is 14.9. The maximum absolute atomic E-state index is 10.8. The Morgan fingerprint density at radius 3 is 2.71 bits per heavy atom. The van der Waals surface area contributed by atoms with E-state index >= 15 is 0 Å². The quantitative estimate of drug-likeness (QED) is 0.236. The number of benzene rings is 1. The molecule has 0 bridgehead atoms. The van der Waals surface area contributed by atoms with Gasteiger partial charge in [-0.05, 0) is 31.0 Å². The van der Waals surface area contributed by atoms with Gasteiger partial charge in [-0.1, -0.05) is 18.2 Å². The van der Waals surface area contributed by atoms with E-state index in [0.717, 1.165) is 16.9 Å². The molecule has 158 valence electrons. The van der Waals surface area contributed by atoms with Crippen molar-refractivity contribution in [2.24, 2.45) is 0 Å². The Morgan fingerprint density at radius 2 is 1.94 bits per heavy atom. The fourth-order valence-corrected chi connectivity index (χ4v) is 3.30. The van der Waals surface area contributed by atoms with Crippen LogP contribution >= 0.6 is 0 Å². The number of nitrogens with one attached hydrogen (secondary N) is 2. The van der Waals surface area contributed by atoms with Gasteiger partial charge in [0.25, 0.3) is 0 Å². The number of hydrogen-bond donors (Lipinski definition) is 3. The predicted molar refractivity (Wildman–Crippen MR) is 120 cm³/mol. The fourth-order valence-electron chi connectivity index (χ4n) is 3.30. The highest BCUT2D eigenvalue weighted by atomic mass is 16.6. The summed E-state index contributed by atoms with van der Waals surface area (Å²) in [4.78, 5) is 23.5. The van der Waals surface area contributed by atoms with E-state index in [-0.39, 0.29) is 11.5 Å². The normalized spacial score (nSPS) is 10.9. The van der Waals surface area contributed by atoms with Crippen molar-refractivity contribution in [3.8, 4) is 11.3 Å². The predicted octanol–water partition coefficient (Wildman–Crippen LogP) is 3.42. The Morgan fingerprint density at radius 1 is 1.13 bits per heavy atom. The SMILES string of the molecule is Cc1cccc(-c2cc3nccn3c(NCCNc3ccc([N+](=O)[O-])c(N)n3)n2)c1C. The number of aryl methyl sites for hydroxylation is 1. The van der Waals surface area contributed by atoms with Crippen molar-refractivity contribution in [3.63, 3.8) is 0 Å². The molecular weight excluding hydrogens is 396 g/mol. The Hall–Kier alpha value is -4.21. The van der Waals surface area contributed by atoms with Crippen LogP contribution in [0.4, 0.5) is 23.3 Å². The fraction of sp³-hybridized carbons (Fsp3) is 0.190. The van der Waals surface area contributed by atoms with Gasteiger partial charge in [0.15, 0.2) is 0 Å². The third-order valence-electron chi connectivity index (χ3n) is 5.08. The number of aromatic nitrogens is 4. The van der Waals surface area contributed by atoms with E-state index < -0.39 is 4.92 Å². The van der Waals surface area contributed by atoms with Crippen LogP contribution in [0.3, 0.4) is 0 Å². The van der Waals surface area contributed by atoms with Gasteiger partial charge in [-0.25, -0.2) is 15.0 Å². The number of imidazole rings is 1. The monoisotopic (exact) mass is 418 g/mol. The number of anilines is 3. The zero-order valence-electron chi connectivity index (χ0n) is 17.2. The van der Waals surface area contributed by atoms with Crippen molar-refractivity contribution < 1.29 is 4.92 Å². The highest BCUT2D eigenvalue weighted by Gasteiger charge is 2.13. The molecule has 0 aliphatic carbocycles. The molecule has 10 nitrogen and oxygen atoms in total. The number of nitrogens with zero attached hydrogens (tertiary/aromatic N) is 5. The molecule has 3 aromatic heterocycles. The molecule has 0 aliphatic heterocycles. The van der Waals surface area contributed by atoms with E-state index in [0.29, 0.717) is 24.9 Å². The number of pyridine rings is 1. The number of nitro groups is 1. The minimum absolute atomic E-state index is 0.119. The maximum Gasteiger partial charge on any atom is 0.311 e. The number of hydrogen-bond acceptors (Lipinski definition) is 8. The molecule has 4 rings (SSSR count). The van der Waals surface area contributed by atoms with Crippen molar-refractivity contribution in [2.45, 2.75) is 13.8 Å². The average molecular weight is 418 g/mol. The number of nitrogens with two attached hydrogens (primary N) is 1. The summed E-state index contributed by atoms with van der Waals surface area (Å²) in [6, 6.07) is 11.0. The molecule has 4 N–H and O–H groups in total. The lowest BCUT2D eigenvalue weighted by molar-refractivity contribution is -0.384. The highest BCUT2D eigenvalue weighted by Crippen LogP contribution is 2.26. The van der Waals surface area contributed by atoms with Gasteiger partial charge in [0.05, 0.1) is 10.6 Å². The van der Waals surface area contributed by atoms with Crippen molar-refractivity contribution >= 4 is 28.9 Å². The lowest BCUT2D eigenvalue weighted by Gasteiger charge is -2.13. The van der Waals surface area contributed by atoms with E-state index in [1.165, 1.54) is 23.3 Å². The zero-order valence-corrected chi connectivity index (χ0v) is 17.2. The summed E-state index contributed by atoms with van der Waals surface area (Å²) in [7, 11) is 0. The van der Waals surface area contributed by atoms with E-state index in [9.17, 15) is 10.1 Å². The molecule has 0 unspecified atom stereocenters. The third kappa shape index (κ3) is 4.08. The first kappa shape index (κ1) is 20.1. The highest BCUT2D eigenvalue weighted by molar-refractivity contribution is 5.70. The van der Waals surface area contributed by atoms with Crippen molar-refractivity contribution in [3.05, 3.63) is 70.0 Å². The van der Waals surface area contributed by atoms with Crippen LogP contribution in [0.5, 0.6) is 0 Å². The molecule has 0 atom stereocenters. The van der Waals surface area contributed by atoms with Gasteiger partial charge >= 0.3 is 5.69 Å². The van der Waals surface area contributed by atoms with Gasteiger partial charge < -0.3 is 16.4 Å². The lowest BCUT2D eigenvalue weighted by Crippen LogP contribution is -2.17. The molecule has 3 heterocycles. The van der Waals surface area contributed by atoms with Gasteiger partial charge in [0.2, 0.25) is 11.8 Å². The van der Waals surface area contributed by atoms with Gasteiger partial charge in [-0.2, -0.15) is 0 Å². The first-order valence-electron chi connectivity index (χ1n) is 9.73. The summed E-state index contributed by atoms with van der Waals surface area (Å²) in [5.41, 5.74) is 10.5. The lowest BCUT2D eigenvalue weighted by atomic mass is 10.0. The van der Waals surface area contributed by atoms with Gasteiger partial charge in [0, 0.05) is 43.2 Å². The molecule has 0 saturated carbocycles. The smallest absolute Gasteiger partial charge is 0.311 e. The minimum atomic E-state index is -0.557. The summed E-state index contributed by atoms with van der Waals surface area (Å²) < 4.78 is 1.89. The van der Waals surface area contributed by atoms with Crippen LogP contribution in [0.1, 0.15) is 11.1 Å². The molecule has 0 fully saturated rings. The van der Waals surface area contributed by atoms with Crippen LogP contribution in [-0.2, 0) is 0 Å². The number of fused-ring (bicyclic) bond motifs is 1. The van der Waals surface area contributed by atoms with Crippen LogP contribution in [0, 0.1) is 24.0 Å². The topological polar surface area (TPSA) is 136 Å². The largest absolute Gasteiger partial charge is 0.378 e. The Bertz CT molecular complexity index is 1270.